The van der Waals surface area contributed by atoms with Crippen LogP contribution in [0.15, 0.2) is 0 Å². The molecule has 0 aromatic carbocycles. The first kappa shape index (κ1) is 23.9. The highest BCUT2D eigenvalue weighted by atomic mass is 16.4. The Balaban J connectivity index is 3.07. The SMILES string of the molecule is NC(CCCCCCCCCCCCCCCCCC(=O)O)C(=O)O. The summed E-state index contributed by atoms with van der Waals surface area (Å²) in [5, 5.41) is 17.2. The molecule has 5 nitrogen and oxygen atoms in total. The molecule has 1 unspecified atom stereocenters. The van der Waals surface area contributed by atoms with E-state index in [2.05, 4.69) is 0 Å². The molecule has 0 aliphatic rings. The molecule has 0 radical (unpaired) electrons. The average Bonchev–Trinajstić information content (AvgIpc) is 2.57. The quantitative estimate of drug-likeness (QED) is 0.279. The van der Waals surface area contributed by atoms with E-state index in [1.165, 1.54) is 70.6 Å². The number of aliphatic carboxylic acids is 2. The van der Waals surface area contributed by atoms with E-state index < -0.39 is 18.0 Å². The Labute approximate surface area is 153 Å². The zero-order valence-electron chi connectivity index (χ0n) is 15.9. The molecule has 0 spiro atoms. The fourth-order valence-corrected chi connectivity index (χ4v) is 3.06. The molecule has 0 saturated carbocycles. The summed E-state index contributed by atoms with van der Waals surface area (Å²) in [4.78, 5) is 20.9. The smallest absolute Gasteiger partial charge is 0.320 e. The first-order valence-electron chi connectivity index (χ1n) is 10.2. The number of carbonyl (C=O) groups is 2. The zero-order valence-corrected chi connectivity index (χ0v) is 15.9. The minimum absolute atomic E-state index is 0.315. The number of nitrogens with two attached hydrogens (primary N) is 1. The van der Waals surface area contributed by atoms with Crippen molar-refractivity contribution in [3.63, 3.8) is 0 Å². The van der Waals surface area contributed by atoms with Crippen LogP contribution >= 0.6 is 0 Å². The number of rotatable bonds is 19. The third-order valence-corrected chi connectivity index (χ3v) is 4.72. The summed E-state index contributed by atoms with van der Waals surface area (Å²) in [6.07, 6.45) is 18.8. The van der Waals surface area contributed by atoms with Crippen molar-refractivity contribution >= 4 is 11.9 Å². The van der Waals surface area contributed by atoms with Gasteiger partial charge in [-0.05, 0) is 12.8 Å². The van der Waals surface area contributed by atoms with E-state index in [0.29, 0.717) is 12.8 Å². The van der Waals surface area contributed by atoms with E-state index in [4.69, 9.17) is 15.9 Å². The van der Waals surface area contributed by atoms with E-state index in [1.54, 1.807) is 0 Å². The van der Waals surface area contributed by atoms with Gasteiger partial charge in [-0.2, -0.15) is 0 Å². The molecule has 148 valence electrons. The van der Waals surface area contributed by atoms with Gasteiger partial charge in [-0.15, -0.1) is 0 Å². The lowest BCUT2D eigenvalue weighted by Crippen LogP contribution is -2.29. The highest BCUT2D eigenvalue weighted by molar-refractivity contribution is 5.72. The molecule has 0 aromatic rings. The van der Waals surface area contributed by atoms with Crippen LogP contribution < -0.4 is 5.73 Å². The van der Waals surface area contributed by atoms with Crippen molar-refractivity contribution in [1.82, 2.24) is 0 Å². The monoisotopic (exact) mass is 357 g/mol. The summed E-state index contributed by atoms with van der Waals surface area (Å²) in [5.41, 5.74) is 5.47. The van der Waals surface area contributed by atoms with Crippen LogP contribution in [-0.2, 0) is 9.59 Å². The van der Waals surface area contributed by atoms with Crippen LogP contribution in [0.2, 0.25) is 0 Å². The molecule has 0 aromatic heterocycles. The standard InChI is InChI=1S/C20H39NO4/c21-18(20(24)25)16-14-12-10-8-6-4-2-1-3-5-7-9-11-13-15-17-19(22)23/h18H,1-17,21H2,(H,22,23)(H,24,25). The molecular formula is C20H39NO4. The lowest BCUT2D eigenvalue weighted by molar-refractivity contribution is -0.139. The fourth-order valence-electron chi connectivity index (χ4n) is 3.06. The highest BCUT2D eigenvalue weighted by Gasteiger charge is 2.09. The Hall–Kier alpha value is -1.10. The van der Waals surface area contributed by atoms with Crippen LogP contribution in [-0.4, -0.2) is 28.2 Å². The van der Waals surface area contributed by atoms with Gasteiger partial charge in [-0.3, -0.25) is 9.59 Å². The van der Waals surface area contributed by atoms with E-state index in [1.807, 2.05) is 0 Å². The summed E-state index contributed by atoms with van der Waals surface area (Å²) in [6.45, 7) is 0. The molecule has 0 amide bonds. The molecule has 5 heteroatoms. The summed E-state index contributed by atoms with van der Waals surface area (Å²) >= 11 is 0. The second kappa shape index (κ2) is 17.7. The molecule has 0 saturated heterocycles. The van der Waals surface area contributed by atoms with Gasteiger partial charge in [0.05, 0.1) is 0 Å². The van der Waals surface area contributed by atoms with E-state index in [0.717, 1.165) is 25.7 Å². The largest absolute Gasteiger partial charge is 0.481 e. The van der Waals surface area contributed by atoms with Gasteiger partial charge in [0.25, 0.3) is 0 Å². The third-order valence-electron chi connectivity index (χ3n) is 4.72. The molecule has 0 heterocycles. The van der Waals surface area contributed by atoms with Crippen LogP contribution in [0.4, 0.5) is 0 Å². The Morgan fingerprint density at radius 2 is 0.920 bits per heavy atom. The molecule has 0 aliphatic heterocycles. The molecule has 0 bridgehead atoms. The van der Waals surface area contributed by atoms with Gasteiger partial charge in [0, 0.05) is 6.42 Å². The van der Waals surface area contributed by atoms with Gasteiger partial charge >= 0.3 is 11.9 Å². The average molecular weight is 358 g/mol. The Kier molecular flexibility index (Phi) is 16.9. The van der Waals surface area contributed by atoms with E-state index in [9.17, 15) is 9.59 Å². The van der Waals surface area contributed by atoms with Crippen LogP contribution in [0.25, 0.3) is 0 Å². The molecule has 0 fully saturated rings. The van der Waals surface area contributed by atoms with Crippen molar-refractivity contribution in [2.75, 3.05) is 0 Å². The molecule has 25 heavy (non-hydrogen) atoms. The van der Waals surface area contributed by atoms with Gasteiger partial charge in [0.15, 0.2) is 0 Å². The maximum atomic E-state index is 10.6. The van der Waals surface area contributed by atoms with Crippen molar-refractivity contribution in [3.05, 3.63) is 0 Å². The Morgan fingerprint density at radius 3 is 1.24 bits per heavy atom. The predicted octanol–water partition coefficient (Wildman–Crippen LogP) is 5.11. The summed E-state index contributed by atoms with van der Waals surface area (Å²) in [6, 6.07) is -0.690. The summed E-state index contributed by atoms with van der Waals surface area (Å²) in [5.74, 6) is -1.57. The maximum absolute atomic E-state index is 10.6. The summed E-state index contributed by atoms with van der Waals surface area (Å²) in [7, 11) is 0. The number of carboxylic acid groups (broad SMARTS) is 2. The number of hydrogen-bond acceptors (Lipinski definition) is 3. The van der Waals surface area contributed by atoms with Gasteiger partial charge in [0.2, 0.25) is 0 Å². The molecular weight excluding hydrogens is 318 g/mol. The minimum atomic E-state index is -0.891. The maximum Gasteiger partial charge on any atom is 0.320 e. The number of carboxylic acids is 2. The first-order chi connectivity index (χ1) is 12.0. The van der Waals surface area contributed by atoms with Crippen molar-refractivity contribution in [1.29, 1.82) is 0 Å². The van der Waals surface area contributed by atoms with Crippen molar-refractivity contribution in [3.8, 4) is 0 Å². The Bertz CT molecular complexity index is 334. The Morgan fingerprint density at radius 1 is 0.600 bits per heavy atom. The number of hydrogen-bond donors (Lipinski definition) is 3. The van der Waals surface area contributed by atoms with E-state index in [-0.39, 0.29) is 0 Å². The number of unbranched alkanes of at least 4 members (excludes halogenated alkanes) is 14. The second-order valence-corrected chi connectivity index (χ2v) is 7.18. The lowest BCUT2D eigenvalue weighted by Gasteiger charge is -2.06. The van der Waals surface area contributed by atoms with Gasteiger partial charge in [-0.1, -0.05) is 89.9 Å². The van der Waals surface area contributed by atoms with Crippen molar-refractivity contribution < 1.29 is 19.8 Å². The third kappa shape index (κ3) is 19.1. The topological polar surface area (TPSA) is 101 Å². The van der Waals surface area contributed by atoms with Gasteiger partial charge < -0.3 is 15.9 Å². The zero-order chi connectivity index (χ0) is 18.8. The lowest BCUT2D eigenvalue weighted by atomic mass is 10.0. The first-order valence-corrected chi connectivity index (χ1v) is 10.2. The van der Waals surface area contributed by atoms with Crippen LogP contribution in [0.1, 0.15) is 109 Å². The summed E-state index contributed by atoms with van der Waals surface area (Å²) < 4.78 is 0. The fraction of sp³-hybridized carbons (Fsp3) is 0.900. The second-order valence-electron chi connectivity index (χ2n) is 7.18. The van der Waals surface area contributed by atoms with Crippen molar-refractivity contribution in [2.45, 2.75) is 115 Å². The van der Waals surface area contributed by atoms with Gasteiger partial charge in [-0.25, -0.2) is 0 Å². The van der Waals surface area contributed by atoms with E-state index >= 15 is 0 Å². The minimum Gasteiger partial charge on any atom is -0.481 e. The highest BCUT2D eigenvalue weighted by Crippen LogP contribution is 2.14. The predicted molar refractivity (Wildman–Crippen MR) is 102 cm³/mol. The normalized spacial score (nSPS) is 12.2. The molecule has 4 N–H and O–H groups in total. The molecule has 0 rings (SSSR count). The van der Waals surface area contributed by atoms with Crippen LogP contribution in [0, 0.1) is 0 Å². The van der Waals surface area contributed by atoms with Gasteiger partial charge in [0.1, 0.15) is 6.04 Å². The van der Waals surface area contributed by atoms with Crippen molar-refractivity contribution in [2.24, 2.45) is 5.73 Å². The molecule has 0 aliphatic carbocycles. The molecule has 1 atom stereocenters. The van der Waals surface area contributed by atoms with Crippen LogP contribution in [0.5, 0.6) is 0 Å². The van der Waals surface area contributed by atoms with Crippen LogP contribution in [0.3, 0.4) is 0 Å².